The van der Waals surface area contributed by atoms with Gasteiger partial charge in [-0.1, -0.05) is 60.7 Å². The lowest BCUT2D eigenvalue weighted by Gasteiger charge is -2.21. The van der Waals surface area contributed by atoms with Crippen LogP contribution in [0.4, 0.5) is 4.39 Å². The molecule has 1 unspecified atom stereocenters. The van der Waals surface area contributed by atoms with Gasteiger partial charge in [0.25, 0.3) is 0 Å². The third-order valence-electron chi connectivity index (χ3n) is 2.84. The van der Waals surface area contributed by atoms with Crippen LogP contribution in [0.25, 0.3) is 5.76 Å². The van der Waals surface area contributed by atoms with Crippen molar-refractivity contribution >= 4 is 5.76 Å². The van der Waals surface area contributed by atoms with Gasteiger partial charge in [-0.15, -0.1) is 0 Å². The molecule has 3 rings (SSSR count). The SMILES string of the molecule is FC1(c2ccccc2)NC=C(c2ccccc2)O1. The first kappa shape index (κ1) is 10.8. The summed E-state index contributed by atoms with van der Waals surface area (Å²) < 4.78 is 20.0. The van der Waals surface area contributed by atoms with Gasteiger partial charge in [0.15, 0.2) is 0 Å². The maximum Gasteiger partial charge on any atom is 0.357 e. The summed E-state index contributed by atoms with van der Waals surface area (Å²) in [7, 11) is 0. The zero-order valence-electron chi connectivity index (χ0n) is 9.64. The third kappa shape index (κ3) is 1.84. The first-order chi connectivity index (χ1) is 8.78. The summed E-state index contributed by atoms with van der Waals surface area (Å²) >= 11 is 0. The van der Waals surface area contributed by atoms with Crippen molar-refractivity contribution in [2.45, 2.75) is 5.98 Å². The number of benzene rings is 2. The molecule has 2 aromatic carbocycles. The van der Waals surface area contributed by atoms with Gasteiger partial charge in [-0.2, -0.15) is 4.39 Å². The predicted octanol–water partition coefficient (Wildman–Crippen LogP) is 3.38. The Bertz CT molecular complexity index is 568. The summed E-state index contributed by atoms with van der Waals surface area (Å²) in [5, 5.41) is 2.65. The molecule has 0 radical (unpaired) electrons. The molecule has 1 atom stereocenters. The number of hydrogen-bond donors (Lipinski definition) is 1. The fraction of sp³-hybridized carbons (Fsp3) is 0.0667. The quantitative estimate of drug-likeness (QED) is 0.814. The Labute approximate surface area is 105 Å². The Balaban J connectivity index is 1.86. The minimum atomic E-state index is -1.98. The fourth-order valence-electron chi connectivity index (χ4n) is 1.91. The average molecular weight is 241 g/mol. The maximum absolute atomic E-state index is 14.6. The summed E-state index contributed by atoms with van der Waals surface area (Å²) in [6.07, 6.45) is 1.56. The van der Waals surface area contributed by atoms with E-state index in [1.54, 1.807) is 30.5 Å². The lowest BCUT2D eigenvalue weighted by Crippen LogP contribution is -2.32. The standard InChI is InChI=1S/C15H12FNO/c16-15(13-9-5-2-6-10-13)17-11-14(18-15)12-7-3-1-4-8-12/h1-11,17H. The Kier molecular flexibility index (Phi) is 2.52. The van der Waals surface area contributed by atoms with Gasteiger partial charge in [0.2, 0.25) is 0 Å². The van der Waals surface area contributed by atoms with Gasteiger partial charge in [-0.05, 0) is 0 Å². The molecule has 1 heterocycles. The van der Waals surface area contributed by atoms with Crippen molar-refractivity contribution in [3.05, 3.63) is 78.0 Å². The van der Waals surface area contributed by atoms with Crippen LogP contribution in [0.15, 0.2) is 66.9 Å². The minimum absolute atomic E-state index is 0.451. The van der Waals surface area contributed by atoms with Gasteiger partial charge in [0.1, 0.15) is 5.76 Å². The van der Waals surface area contributed by atoms with E-state index < -0.39 is 5.98 Å². The molecule has 2 nitrogen and oxygen atoms in total. The topological polar surface area (TPSA) is 21.3 Å². The lowest BCUT2D eigenvalue weighted by atomic mass is 10.2. The highest BCUT2D eigenvalue weighted by Crippen LogP contribution is 2.35. The van der Waals surface area contributed by atoms with Crippen LogP contribution < -0.4 is 5.32 Å². The number of ether oxygens (including phenoxy) is 1. The molecule has 0 aromatic heterocycles. The normalized spacial score (nSPS) is 21.9. The Hall–Kier alpha value is -2.29. The fourth-order valence-corrected chi connectivity index (χ4v) is 1.91. The van der Waals surface area contributed by atoms with Crippen molar-refractivity contribution in [2.24, 2.45) is 0 Å². The first-order valence-corrected chi connectivity index (χ1v) is 5.75. The van der Waals surface area contributed by atoms with Crippen LogP contribution in [0, 0.1) is 0 Å². The largest absolute Gasteiger partial charge is 0.435 e. The minimum Gasteiger partial charge on any atom is -0.435 e. The van der Waals surface area contributed by atoms with E-state index >= 15 is 0 Å². The van der Waals surface area contributed by atoms with E-state index in [0.29, 0.717) is 11.3 Å². The molecule has 0 aliphatic carbocycles. The van der Waals surface area contributed by atoms with Crippen LogP contribution in [0.3, 0.4) is 0 Å². The van der Waals surface area contributed by atoms with E-state index in [0.717, 1.165) is 5.56 Å². The van der Waals surface area contributed by atoms with Crippen LogP contribution in [-0.4, -0.2) is 0 Å². The number of halogens is 1. The van der Waals surface area contributed by atoms with E-state index in [1.807, 2.05) is 36.4 Å². The van der Waals surface area contributed by atoms with Gasteiger partial charge in [-0.25, -0.2) is 0 Å². The van der Waals surface area contributed by atoms with Crippen molar-refractivity contribution in [3.8, 4) is 0 Å². The van der Waals surface area contributed by atoms with Crippen LogP contribution >= 0.6 is 0 Å². The second kappa shape index (κ2) is 4.18. The molecule has 1 aliphatic heterocycles. The molecule has 1 aliphatic rings. The molecule has 0 spiro atoms. The molecular formula is C15H12FNO. The number of alkyl halides is 1. The number of nitrogens with one attached hydrogen (secondary N) is 1. The monoisotopic (exact) mass is 241 g/mol. The summed E-state index contributed by atoms with van der Waals surface area (Å²) in [6.45, 7) is 0. The molecule has 90 valence electrons. The van der Waals surface area contributed by atoms with Crippen LogP contribution in [-0.2, 0) is 10.7 Å². The number of hydrogen-bond acceptors (Lipinski definition) is 2. The smallest absolute Gasteiger partial charge is 0.357 e. The van der Waals surface area contributed by atoms with Crippen molar-refractivity contribution in [3.63, 3.8) is 0 Å². The van der Waals surface area contributed by atoms with E-state index in [-0.39, 0.29) is 0 Å². The van der Waals surface area contributed by atoms with Crippen LogP contribution in [0.2, 0.25) is 0 Å². The molecule has 3 heteroatoms. The second-order valence-electron chi connectivity index (χ2n) is 4.08. The predicted molar refractivity (Wildman–Crippen MR) is 67.9 cm³/mol. The molecular weight excluding hydrogens is 229 g/mol. The van der Waals surface area contributed by atoms with Gasteiger partial charge in [0, 0.05) is 11.8 Å². The van der Waals surface area contributed by atoms with E-state index in [9.17, 15) is 4.39 Å². The van der Waals surface area contributed by atoms with E-state index in [2.05, 4.69) is 5.32 Å². The van der Waals surface area contributed by atoms with Gasteiger partial charge in [-0.3, -0.25) is 0 Å². The molecule has 0 bridgehead atoms. The first-order valence-electron chi connectivity index (χ1n) is 5.75. The lowest BCUT2D eigenvalue weighted by molar-refractivity contribution is -0.0953. The zero-order chi connectivity index (χ0) is 12.4. The van der Waals surface area contributed by atoms with Crippen LogP contribution in [0.1, 0.15) is 11.1 Å². The highest BCUT2D eigenvalue weighted by atomic mass is 19.2. The van der Waals surface area contributed by atoms with Crippen LogP contribution in [0.5, 0.6) is 0 Å². The molecule has 0 saturated heterocycles. The van der Waals surface area contributed by atoms with E-state index in [4.69, 9.17) is 4.74 Å². The van der Waals surface area contributed by atoms with Gasteiger partial charge < -0.3 is 10.1 Å². The molecule has 0 fully saturated rings. The highest BCUT2D eigenvalue weighted by Gasteiger charge is 2.38. The molecule has 0 amide bonds. The van der Waals surface area contributed by atoms with Crippen molar-refractivity contribution < 1.29 is 9.13 Å². The van der Waals surface area contributed by atoms with Gasteiger partial charge >= 0.3 is 5.98 Å². The highest BCUT2D eigenvalue weighted by molar-refractivity contribution is 5.61. The zero-order valence-corrected chi connectivity index (χ0v) is 9.64. The van der Waals surface area contributed by atoms with Crippen molar-refractivity contribution in [2.75, 3.05) is 0 Å². The molecule has 1 N–H and O–H groups in total. The van der Waals surface area contributed by atoms with Gasteiger partial charge in [0.05, 0.1) is 5.56 Å². The summed E-state index contributed by atoms with van der Waals surface area (Å²) in [6, 6.07) is 18.2. The Morgan fingerprint density at radius 2 is 1.50 bits per heavy atom. The Morgan fingerprint density at radius 1 is 0.889 bits per heavy atom. The summed E-state index contributed by atoms with van der Waals surface area (Å²) in [5.41, 5.74) is 1.30. The van der Waals surface area contributed by atoms with E-state index in [1.165, 1.54) is 0 Å². The summed E-state index contributed by atoms with van der Waals surface area (Å²) in [4.78, 5) is 0. The second-order valence-corrected chi connectivity index (χ2v) is 4.08. The van der Waals surface area contributed by atoms with Crippen molar-refractivity contribution in [1.82, 2.24) is 5.32 Å². The van der Waals surface area contributed by atoms with Crippen molar-refractivity contribution in [1.29, 1.82) is 0 Å². The molecule has 0 saturated carbocycles. The maximum atomic E-state index is 14.6. The molecule has 18 heavy (non-hydrogen) atoms. The Morgan fingerprint density at radius 3 is 2.17 bits per heavy atom. The third-order valence-corrected chi connectivity index (χ3v) is 2.84. The number of rotatable bonds is 2. The summed E-state index contributed by atoms with van der Waals surface area (Å²) in [5.74, 6) is -1.48. The average Bonchev–Trinajstić information content (AvgIpc) is 2.85. The molecule has 2 aromatic rings.